The normalized spacial score (nSPS) is 12.4. The first-order valence-electron chi connectivity index (χ1n) is 8.83. The van der Waals surface area contributed by atoms with Crippen LogP contribution in [0.2, 0.25) is 0 Å². The number of hydrogen-bond donors (Lipinski definition) is 2. The van der Waals surface area contributed by atoms with Crippen LogP contribution in [-0.2, 0) is 0 Å². The predicted molar refractivity (Wildman–Crippen MR) is 113 cm³/mol. The standard InChI is InChI=1S/C21H23N3O2S/c1-4-11-24(16-7-5-14(2)6-8-16)21(26)19-12-17-18(23-13-15(3)25)9-10-22-20(17)27-19/h4-12,15,25H,13H2,1-3H3,(H,22,23)/b11-4-/t15-/m1/s1. The molecule has 3 rings (SSSR count). The number of aromatic nitrogens is 1. The zero-order valence-corrected chi connectivity index (χ0v) is 16.5. The van der Waals surface area contributed by atoms with Crippen LogP contribution in [0.15, 0.2) is 54.9 Å². The highest BCUT2D eigenvalue weighted by molar-refractivity contribution is 7.20. The zero-order chi connectivity index (χ0) is 19.4. The fourth-order valence-corrected chi connectivity index (χ4v) is 3.66. The fraction of sp³-hybridized carbons (Fsp3) is 0.238. The largest absolute Gasteiger partial charge is 0.392 e. The van der Waals surface area contributed by atoms with E-state index < -0.39 is 6.10 Å². The van der Waals surface area contributed by atoms with E-state index in [1.165, 1.54) is 11.3 Å². The smallest absolute Gasteiger partial charge is 0.272 e. The summed E-state index contributed by atoms with van der Waals surface area (Å²) >= 11 is 1.37. The van der Waals surface area contributed by atoms with Gasteiger partial charge in [0.05, 0.1) is 11.0 Å². The highest BCUT2D eigenvalue weighted by Crippen LogP contribution is 2.31. The predicted octanol–water partition coefficient (Wildman–Crippen LogP) is 4.58. The zero-order valence-electron chi connectivity index (χ0n) is 15.6. The molecule has 3 aromatic rings. The van der Waals surface area contributed by atoms with Gasteiger partial charge in [-0.3, -0.25) is 9.69 Å². The number of fused-ring (bicyclic) bond motifs is 1. The lowest BCUT2D eigenvalue weighted by atomic mass is 10.2. The van der Waals surface area contributed by atoms with Crippen molar-refractivity contribution in [3.8, 4) is 0 Å². The second kappa shape index (κ2) is 8.33. The van der Waals surface area contributed by atoms with Crippen molar-refractivity contribution in [2.75, 3.05) is 16.8 Å². The van der Waals surface area contributed by atoms with Gasteiger partial charge in [-0.25, -0.2) is 4.98 Å². The summed E-state index contributed by atoms with van der Waals surface area (Å²) in [6, 6.07) is 11.6. The maximum Gasteiger partial charge on any atom is 0.272 e. The second-order valence-corrected chi connectivity index (χ2v) is 7.44. The third-order valence-corrected chi connectivity index (χ3v) is 5.09. The minimum atomic E-state index is -0.459. The molecule has 0 aliphatic heterocycles. The number of carbonyl (C=O) groups is 1. The fourth-order valence-electron chi connectivity index (χ4n) is 2.70. The van der Waals surface area contributed by atoms with Crippen LogP contribution in [0.4, 0.5) is 11.4 Å². The highest BCUT2D eigenvalue weighted by atomic mass is 32.1. The van der Waals surface area contributed by atoms with Crippen molar-refractivity contribution in [2.24, 2.45) is 0 Å². The number of aryl methyl sites for hydroxylation is 1. The van der Waals surface area contributed by atoms with E-state index in [-0.39, 0.29) is 5.91 Å². The Morgan fingerprint density at radius 3 is 2.74 bits per heavy atom. The molecule has 6 heteroatoms. The molecule has 0 unspecified atom stereocenters. The van der Waals surface area contributed by atoms with Crippen LogP contribution in [0.25, 0.3) is 10.2 Å². The van der Waals surface area contributed by atoms with E-state index in [9.17, 15) is 9.90 Å². The number of carbonyl (C=O) groups excluding carboxylic acids is 1. The Morgan fingerprint density at radius 1 is 1.33 bits per heavy atom. The third-order valence-electron chi connectivity index (χ3n) is 4.06. The highest BCUT2D eigenvalue weighted by Gasteiger charge is 2.19. The number of pyridine rings is 1. The number of aliphatic hydroxyl groups excluding tert-OH is 1. The first-order valence-corrected chi connectivity index (χ1v) is 9.64. The molecule has 5 nitrogen and oxygen atoms in total. The van der Waals surface area contributed by atoms with Crippen LogP contribution in [0, 0.1) is 6.92 Å². The van der Waals surface area contributed by atoms with E-state index in [4.69, 9.17) is 0 Å². The summed E-state index contributed by atoms with van der Waals surface area (Å²) in [5.74, 6) is -0.0959. The average molecular weight is 382 g/mol. The van der Waals surface area contributed by atoms with Gasteiger partial charge in [-0.15, -0.1) is 11.3 Å². The van der Waals surface area contributed by atoms with Gasteiger partial charge in [-0.1, -0.05) is 23.8 Å². The molecule has 0 radical (unpaired) electrons. The molecule has 1 atom stereocenters. The van der Waals surface area contributed by atoms with Crippen molar-refractivity contribution in [3.63, 3.8) is 0 Å². The molecule has 1 aromatic carbocycles. The molecule has 2 aromatic heterocycles. The van der Waals surface area contributed by atoms with Crippen LogP contribution < -0.4 is 10.2 Å². The lowest BCUT2D eigenvalue weighted by Gasteiger charge is -2.17. The number of nitrogens with one attached hydrogen (secondary N) is 1. The van der Waals surface area contributed by atoms with Crippen molar-refractivity contribution in [1.82, 2.24) is 4.98 Å². The van der Waals surface area contributed by atoms with Gasteiger partial charge in [0.1, 0.15) is 4.83 Å². The van der Waals surface area contributed by atoms with Gasteiger partial charge in [0.25, 0.3) is 5.91 Å². The van der Waals surface area contributed by atoms with Crippen LogP contribution >= 0.6 is 11.3 Å². The van der Waals surface area contributed by atoms with Crippen molar-refractivity contribution >= 4 is 38.8 Å². The summed E-state index contributed by atoms with van der Waals surface area (Å²) in [5.41, 5.74) is 2.83. The number of hydrogen-bond acceptors (Lipinski definition) is 5. The molecule has 0 saturated heterocycles. The van der Waals surface area contributed by atoms with Crippen molar-refractivity contribution < 1.29 is 9.90 Å². The lowest BCUT2D eigenvalue weighted by Crippen LogP contribution is -2.24. The summed E-state index contributed by atoms with van der Waals surface area (Å²) in [5, 5.41) is 13.6. The molecular weight excluding hydrogens is 358 g/mol. The topological polar surface area (TPSA) is 65.5 Å². The van der Waals surface area contributed by atoms with E-state index in [0.717, 1.165) is 27.2 Å². The van der Waals surface area contributed by atoms with Gasteiger partial charge >= 0.3 is 0 Å². The maximum atomic E-state index is 13.2. The molecule has 1 amide bonds. The molecule has 27 heavy (non-hydrogen) atoms. The Kier molecular flexibility index (Phi) is 5.88. The summed E-state index contributed by atoms with van der Waals surface area (Å²) in [7, 11) is 0. The third kappa shape index (κ3) is 4.35. The molecule has 0 saturated carbocycles. The van der Waals surface area contributed by atoms with Gasteiger partial charge in [-0.05, 0) is 45.0 Å². The number of allylic oxidation sites excluding steroid dienone is 1. The van der Waals surface area contributed by atoms with E-state index in [1.807, 2.05) is 56.3 Å². The van der Waals surface area contributed by atoms with Crippen LogP contribution in [0.5, 0.6) is 0 Å². The molecule has 0 aliphatic carbocycles. The second-order valence-electron chi connectivity index (χ2n) is 6.41. The quantitative estimate of drug-likeness (QED) is 0.656. The summed E-state index contributed by atoms with van der Waals surface area (Å²) in [6.45, 7) is 6.07. The van der Waals surface area contributed by atoms with Crippen LogP contribution in [-0.4, -0.2) is 28.6 Å². The number of nitrogens with zero attached hydrogens (tertiary/aromatic N) is 2. The van der Waals surface area contributed by atoms with E-state index in [2.05, 4.69) is 10.3 Å². The van der Waals surface area contributed by atoms with Gasteiger partial charge in [0.2, 0.25) is 0 Å². The van der Waals surface area contributed by atoms with Gasteiger partial charge in [-0.2, -0.15) is 0 Å². The molecule has 140 valence electrons. The van der Waals surface area contributed by atoms with Gasteiger partial charge < -0.3 is 10.4 Å². The number of rotatable bonds is 6. The Hall–Kier alpha value is -2.70. The molecule has 0 bridgehead atoms. The maximum absolute atomic E-state index is 13.2. The number of amides is 1. The number of aliphatic hydroxyl groups is 1. The number of thiophene rings is 1. The van der Waals surface area contributed by atoms with Crippen LogP contribution in [0.1, 0.15) is 29.1 Å². The molecule has 0 spiro atoms. The van der Waals surface area contributed by atoms with Crippen molar-refractivity contribution in [2.45, 2.75) is 26.9 Å². The van der Waals surface area contributed by atoms with E-state index >= 15 is 0 Å². The molecule has 2 N–H and O–H groups in total. The SMILES string of the molecule is C/C=C\N(C(=O)c1cc2c(NC[C@@H](C)O)ccnc2s1)c1ccc(C)cc1. The molecular formula is C21H23N3O2S. The summed E-state index contributed by atoms with van der Waals surface area (Å²) in [4.78, 5) is 20.6. The summed E-state index contributed by atoms with van der Waals surface area (Å²) in [6.07, 6.45) is 4.87. The molecule has 0 fully saturated rings. The first-order chi connectivity index (χ1) is 13.0. The minimum absolute atomic E-state index is 0.0959. The Balaban J connectivity index is 1.96. The van der Waals surface area contributed by atoms with Gasteiger partial charge in [0.15, 0.2) is 0 Å². The lowest BCUT2D eigenvalue weighted by molar-refractivity contribution is 0.100. The monoisotopic (exact) mass is 381 g/mol. The minimum Gasteiger partial charge on any atom is -0.392 e. The van der Waals surface area contributed by atoms with Crippen molar-refractivity contribution in [3.05, 3.63) is 65.3 Å². The molecule has 2 heterocycles. The molecule has 0 aliphatic rings. The first kappa shape index (κ1) is 19.1. The number of anilines is 2. The Labute approximate surface area is 163 Å². The number of benzene rings is 1. The summed E-state index contributed by atoms with van der Waals surface area (Å²) < 4.78 is 0. The average Bonchev–Trinajstić information content (AvgIpc) is 3.09. The van der Waals surface area contributed by atoms with Gasteiger partial charge in [0, 0.05) is 35.7 Å². The van der Waals surface area contributed by atoms with Crippen LogP contribution in [0.3, 0.4) is 0 Å². The Morgan fingerprint density at radius 2 is 2.07 bits per heavy atom. The Bertz CT molecular complexity index is 961. The van der Waals surface area contributed by atoms with E-state index in [0.29, 0.717) is 11.4 Å². The van der Waals surface area contributed by atoms with E-state index in [1.54, 1.807) is 24.2 Å². The van der Waals surface area contributed by atoms with Crippen molar-refractivity contribution in [1.29, 1.82) is 0 Å².